The number of hydrogen-bond donors (Lipinski definition) is 2. The maximum absolute atomic E-state index is 11.8. The molecule has 1 rings (SSSR count). The number of phenols is 2. The summed E-state index contributed by atoms with van der Waals surface area (Å²) in [6.45, 7) is 2.49. The molecule has 4 nitrogen and oxygen atoms in total. The van der Waals surface area contributed by atoms with Crippen molar-refractivity contribution >= 4 is 12.0 Å². The lowest BCUT2D eigenvalue weighted by molar-refractivity contribution is -0.142. The number of unbranched alkanes of at least 4 members (excludes halogenated alkanes) is 14. The normalized spacial score (nSPS) is 11.3. The highest BCUT2D eigenvalue weighted by Crippen LogP contribution is 2.25. The number of aromatic hydroxyl groups is 2. The van der Waals surface area contributed by atoms with E-state index in [0.29, 0.717) is 6.42 Å². The van der Waals surface area contributed by atoms with Crippen LogP contribution in [0.2, 0.25) is 0 Å². The molecule has 0 aliphatic heterocycles. The maximum atomic E-state index is 11.8. The fourth-order valence-corrected chi connectivity index (χ4v) is 3.68. The molecule has 0 heterocycles. The Hall–Kier alpha value is -1.97. The lowest BCUT2D eigenvalue weighted by Crippen LogP contribution is -2.03. The Balaban J connectivity index is 1.86. The molecule has 0 atom stereocenters. The van der Waals surface area contributed by atoms with Gasteiger partial charge in [-0.05, 0) is 30.2 Å². The third kappa shape index (κ3) is 15.5. The summed E-state index contributed by atoms with van der Waals surface area (Å²) < 4.78 is 5.20. The first-order valence-electron chi connectivity index (χ1n) is 12.5. The molecule has 0 fully saturated rings. The number of esters is 1. The van der Waals surface area contributed by atoms with Gasteiger partial charge < -0.3 is 14.9 Å². The number of carbonyl (C=O) groups is 1. The summed E-state index contributed by atoms with van der Waals surface area (Å²) in [5.74, 6) is -0.465. The number of rotatable bonds is 19. The van der Waals surface area contributed by atoms with Gasteiger partial charge in [-0.2, -0.15) is 0 Å². The molecule has 0 saturated carbocycles. The molecule has 1 aromatic carbocycles. The summed E-state index contributed by atoms with van der Waals surface area (Å²) in [6.07, 6.45) is 23.7. The molecular weight excluding hydrogens is 388 g/mol. The molecule has 0 aromatic heterocycles. The maximum Gasteiger partial charge on any atom is 0.306 e. The van der Waals surface area contributed by atoms with Crippen LogP contribution in [0.5, 0.6) is 11.5 Å². The van der Waals surface area contributed by atoms with Crippen LogP contribution < -0.4 is 0 Å². The lowest BCUT2D eigenvalue weighted by Gasteiger charge is -2.04. The fraction of sp³-hybridized carbons (Fsp3) is 0.667. The first-order chi connectivity index (χ1) is 15.1. The van der Waals surface area contributed by atoms with Crippen LogP contribution in [0.4, 0.5) is 0 Å². The summed E-state index contributed by atoms with van der Waals surface area (Å²) in [6, 6.07) is 4.57. The van der Waals surface area contributed by atoms with Crippen molar-refractivity contribution in [2.24, 2.45) is 0 Å². The smallest absolute Gasteiger partial charge is 0.306 e. The standard InChI is InChI=1S/C27H44O4/c1-2-3-4-5-6-7-8-9-10-11-12-13-14-15-16-19-27(30)31-22-17-18-24-20-21-25(28)26(29)23-24/h17-18,20-21,23,28-29H,2-16,19,22H2,1H3/b18-17+. The monoisotopic (exact) mass is 432 g/mol. The predicted octanol–water partition coefficient (Wildman–Crippen LogP) is 7.92. The van der Waals surface area contributed by atoms with Crippen molar-refractivity contribution in [1.29, 1.82) is 0 Å². The molecular formula is C27H44O4. The molecule has 4 heteroatoms. The van der Waals surface area contributed by atoms with Gasteiger partial charge in [0.15, 0.2) is 11.5 Å². The number of benzene rings is 1. The average Bonchev–Trinajstić information content (AvgIpc) is 2.76. The molecule has 1 aromatic rings. The summed E-state index contributed by atoms with van der Waals surface area (Å²) in [7, 11) is 0. The molecule has 31 heavy (non-hydrogen) atoms. The fourth-order valence-electron chi connectivity index (χ4n) is 3.68. The Labute approximate surface area is 189 Å². The molecule has 176 valence electrons. The van der Waals surface area contributed by atoms with E-state index in [4.69, 9.17) is 4.74 Å². The van der Waals surface area contributed by atoms with Crippen molar-refractivity contribution in [3.05, 3.63) is 29.8 Å². The van der Waals surface area contributed by atoms with E-state index >= 15 is 0 Å². The molecule has 0 aliphatic carbocycles. The van der Waals surface area contributed by atoms with Crippen LogP contribution in [0.1, 0.15) is 115 Å². The third-order valence-electron chi connectivity index (χ3n) is 5.63. The second-order valence-corrected chi connectivity index (χ2v) is 8.53. The van der Waals surface area contributed by atoms with Gasteiger partial charge in [0.25, 0.3) is 0 Å². The molecule has 0 bridgehead atoms. The Morgan fingerprint density at radius 2 is 1.29 bits per heavy atom. The summed E-state index contributed by atoms with van der Waals surface area (Å²) >= 11 is 0. The van der Waals surface area contributed by atoms with Crippen LogP contribution >= 0.6 is 0 Å². The molecule has 0 amide bonds. The zero-order valence-electron chi connectivity index (χ0n) is 19.6. The predicted molar refractivity (Wildman–Crippen MR) is 129 cm³/mol. The van der Waals surface area contributed by atoms with Gasteiger partial charge >= 0.3 is 5.97 Å². The van der Waals surface area contributed by atoms with E-state index in [2.05, 4.69) is 6.92 Å². The summed E-state index contributed by atoms with van der Waals surface area (Å²) in [5, 5.41) is 18.7. The highest BCUT2D eigenvalue weighted by Gasteiger charge is 2.02. The zero-order valence-corrected chi connectivity index (χ0v) is 19.6. The molecule has 0 saturated heterocycles. The van der Waals surface area contributed by atoms with E-state index in [1.165, 1.54) is 95.6 Å². The Kier molecular flexibility index (Phi) is 16.4. The minimum Gasteiger partial charge on any atom is -0.504 e. The van der Waals surface area contributed by atoms with E-state index in [0.717, 1.165) is 18.4 Å². The molecule has 0 aliphatic rings. The van der Waals surface area contributed by atoms with Gasteiger partial charge in [0.05, 0.1) is 0 Å². The van der Waals surface area contributed by atoms with Crippen molar-refractivity contribution in [2.75, 3.05) is 6.61 Å². The minimum atomic E-state index is -0.160. The second kappa shape index (κ2) is 18.8. The third-order valence-corrected chi connectivity index (χ3v) is 5.63. The molecule has 0 spiro atoms. The van der Waals surface area contributed by atoms with E-state index < -0.39 is 0 Å². The highest BCUT2D eigenvalue weighted by atomic mass is 16.5. The minimum absolute atomic E-state index is 0.146. The SMILES string of the molecule is CCCCCCCCCCCCCCCCCC(=O)OC/C=C/c1ccc(O)c(O)c1. The van der Waals surface area contributed by atoms with E-state index in [9.17, 15) is 15.0 Å². The van der Waals surface area contributed by atoms with Gasteiger partial charge in [-0.1, -0.05) is 109 Å². The second-order valence-electron chi connectivity index (χ2n) is 8.53. The molecule has 0 radical (unpaired) electrons. The van der Waals surface area contributed by atoms with Gasteiger partial charge in [-0.3, -0.25) is 4.79 Å². The Morgan fingerprint density at radius 1 is 0.774 bits per heavy atom. The van der Waals surface area contributed by atoms with Crippen LogP contribution in [0.3, 0.4) is 0 Å². The number of ether oxygens (including phenoxy) is 1. The highest BCUT2D eigenvalue weighted by molar-refractivity contribution is 5.69. The number of hydrogen-bond acceptors (Lipinski definition) is 4. The van der Waals surface area contributed by atoms with Crippen molar-refractivity contribution in [3.8, 4) is 11.5 Å². The van der Waals surface area contributed by atoms with Crippen LogP contribution in [-0.4, -0.2) is 22.8 Å². The largest absolute Gasteiger partial charge is 0.504 e. The first kappa shape index (κ1) is 27.1. The van der Waals surface area contributed by atoms with Crippen LogP contribution in [0.15, 0.2) is 24.3 Å². The number of carbonyl (C=O) groups excluding carboxylic acids is 1. The van der Waals surface area contributed by atoms with Crippen molar-refractivity contribution in [2.45, 2.75) is 110 Å². The van der Waals surface area contributed by atoms with Crippen LogP contribution in [0, 0.1) is 0 Å². The van der Waals surface area contributed by atoms with Gasteiger partial charge in [-0.25, -0.2) is 0 Å². The van der Waals surface area contributed by atoms with Crippen LogP contribution in [0.25, 0.3) is 6.08 Å². The average molecular weight is 433 g/mol. The first-order valence-corrected chi connectivity index (χ1v) is 12.5. The Morgan fingerprint density at radius 3 is 1.81 bits per heavy atom. The molecule has 0 unspecified atom stereocenters. The van der Waals surface area contributed by atoms with Gasteiger partial charge in [0, 0.05) is 6.42 Å². The topological polar surface area (TPSA) is 66.8 Å². The van der Waals surface area contributed by atoms with Crippen molar-refractivity contribution in [1.82, 2.24) is 0 Å². The zero-order chi connectivity index (χ0) is 22.6. The summed E-state index contributed by atoms with van der Waals surface area (Å²) in [4.78, 5) is 11.8. The summed E-state index contributed by atoms with van der Waals surface area (Å²) in [5.41, 5.74) is 0.744. The van der Waals surface area contributed by atoms with Gasteiger partial charge in [-0.15, -0.1) is 0 Å². The molecule has 2 N–H and O–H groups in total. The quantitative estimate of drug-likeness (QED) is 0.132. The van der Waals surface area contributed by atoms with Crippen LogP contribution in [-0.2, 0) is 9.53 Å². The lowest BCUT2D eigenvalue weighted by atomic mass is 10.0. The van der Waals surface area contributed by atoms with E-state index in [1.807, 2.05) is 0 Å². The Bertz CT molecular complexity index is 609. The van der Waals surface area contributed by atoms with Gasteiger partial charge in [0.2, 0.25) is 0 Å². The van der Waals surface area contributed by atoms with Gasteiger partial charge in [0.1, 0.15) is 6.61 Å². The van der Waals surface area contributed by atoms with E-state index in [1.54, 1.807) is 18.2 Å². The van der Waals surface area contributed by atoms with E-state index in [-0.39, 0.29) is 24.1 Å². The van der Waals surface area contributed by atoms with Crippen molar-refractivity contribution < 1.29 is 19.7 Å². The van der Waals surface area contributed by atoms with Crippen molar-refractivity contribution in [3.63, 3.8) is 0 Å². The number of phenolic OH excluding ortho intramolecular Hbond substituents is 2.